The number of hydrogen-bond donors (Lipinski definition) is 1. The van der Waals surface area contributed by atoms with Crippen molar-refractivity contribution in [3.8, 4) is 5.75 Å². The average molecular weight is 389 g/mol. The lowest BCUT2D eigenvalue weighted by Crippen LogP contribution is -2.48. The fourth-order valence-corrected chi connectivity index (χ4v) is 3.35. The molecule has 1 aliphatic heterocycles. The molecule has 4 nitrogen and oxygen atoms in total. The van der Waals surface area contributed by atoms with E-state index in [0.717, 1.165) is 24.1 Å². The van der Waals surface area contributed by atoms with E-state index in [4.69, 9.17) is 0 Å². The van der Waals surface area contributed by atoms with E-state index in [1.54, 1.807) is 18.2 Å². The number of benzene rings is 2. The Morgan fingerprint density at radius 3 is 2.54 bits per heavy atom. The number of carbonyl (C=O) groups excluding carboxylic acids is 1. The minimum atomic E-state index is -0.107. The summed E-state index contributed by atoms with van der Waals surface area (Å²) in [4.78, 5) is 16.8. The van der Waals surface area contributed by atoms with Crippen LogP contribution < -0.4 is 0 Å². The van der Waals surface area contributed by atoms with Crippen molar-refractivity contribution in [2.45, 2.75) is 13.5 Å². The first-order valence-corrected chi connectivity index (χ1v) is 8.88. The number of halogens is 1. The molecule has 2 aromatic carbocycles. The summed E-state index contributed by atoms with van der Waals surface area (Å²) in [6.45, 7) is 6.08. The third-order valence-electron chi connectivity index (χ3n) is 4.50. The van der Waals surface area contributed by atoms with Crippen LogP contribution in [0.15, 0.2) is 46.9 Å². The molecule has 126 valence electrons. The van der Waals surface area contributed by atoms with Gasteiger partial charge in [-0.1, -0.05) is 40.2 Å². The highest BCUT2D eigenvalue weighted by Gasteiger charge is 2.24. The molecule has 0 bridgehead atoms. The summed E-state index contributed by atoms with van der Waals surface area (Å²) < 4.78 is 0.793. The second kappa shape index (κ2) is 7.36. The van der Waals surface area contributed by atoms with Crippen molar-refractivity contribution >= 4 is 21.8 Å². The number of phenolic OH excluding ortho intramolecular Hbond substituents is 1. The number of aryl methyl sites for hydroxylation is 1. The zero-order valence-corrected chi connectivity index (χ0v) is 15.3. The molecular formula is C19H21BrN2O2. The largest absolute Gasteiger partial charge is 0.507 e. The van der Waals surface area contributed by atoms with Crippen molar-refractivity contribution in [1.82, 2.24) is 9.80 Å². The zero-order valence-electron chi connectivity index (χ0n) is 13.7. The molecule has 0 saturated carbocycles. The van der Waals surface area contributed by atoms with Crippen molar-refractivity contribution in [1.29, 1.82) is 0 Å². The summed E-state index contributed by atoms with van der Waals surface area (Å²) in [5, 5.41) is 9.93. The molecule has 2 aromatic rings. The van der Waals surface area contributed by atoms with Gasteiger partial charge in [-0.15, -0.1) is 0 Å². The molecule has 5 heteroatoms. The Hall–Kier alpha value is -1.85. The van der Waals surface area contributed by atoms with Crippen molar-refractivity contribution < 1.29 is 9.90 Å². The second-order valence-corrected chi connectivity index (χ2v) is 7.07. The van der Waals surface area contributed by atoms with E-state index in [-0.39, 0.29) is 11.7 Å². The molecule has 1 fully saturated rings. The molecule has 1 N–H and O–H groups in total. The van der Waals surface area contributed by atoms with E-state index < -0.39 is 0 Å². The third kappa shape index (κ3) is 3.79. The standard InChI is InChI=1S/C19H21BrN2O2/c1-14-4-2-3-5-15(14)13-21-8-10-22(11-9-21)19(24)17-12-16(20)6-7-18(17)23/h2-7,12,23H,8-11,13H2,1H3. The van der Waals surface area contributed by atoms with Crippen LogP contribution >= 0.6 is 15.9 Å². The Labute approximate surface area is 150 Å². The van der Waals surface area contributed by atoms with Crippen molar-refractivity contribution in [3.05, 3.63) is 63.6 Å². The molecule has 3 rings (SSSR count). The molecule has 1 aliphatic rings. The Morgan fingerprint density at radius 1 is 1.12 bits per heavy atom. The second-order valence-electron chi connectivity index (χ2n) is 6.16. The van der Waals surface area contributed by atoms with Crippen LogP contribution in [-0.4, -0.2) is 47.0 Å². The van der Waals surface area contributed by atoms with E-state index in [1.165, 1.54) is 11.1 Å². The van der Waals surface area contributed by atoms with Gasteiger partial charge in [-0.25, -0.2) is 0 Å². The monoisotopic (exact) mass is 388 g/mol. The molecule has 0 aliphatic carbocycles. The number of carbonyl (C=O) groups is 1. The maximum absolute atomic E-state index is 12.6. The summed E-state index contributed by atoms with van der Waals surface area (Å²) in [5.41, 5.74) is 2.99. The number of nitrogens with zero attached hydrogens (tertiary/aromatic N) is 2. The fourth-order valence-electron chi connectivity index (χ4n) is 2.99. The molecule has 0 unspecified atom stereocenters. The number of piperazine rings is 1. The molecule has 0 aromatic heterocycles. The summed E-state index contributed by atoms with van der Waals surface area (Å²) in [7, 11) is 0. The van der Waals surface area contributed by atoms with E-state index >= 15 is 0 Å². The molecule has 24 heavy (non-hydrogen) atoms. The number of amides is 1. The van der Waals surface area contributed by atoms with Gasteiger partial charge in [0.05, 0.1) is 5.56 Å². The van der Waals surface area contributed by atoms with Crippen LogP contribution in [-0.2, 0) is 6.54 Å². The number of phenols is 1. The first kappa shape index (κ1) is 17.0. The van der Waals surface area contributed by atoms with Gasteiger partial charge in [-0.2, -0.15) is 0 Å². The summed E-state index contributed by atoms with van der Waals surface area (Å²) in [6.07, 6.45) is 0. The van der Waals surface area contributed by atoms with Crippen LogP contribution in [0.3, 0.4) is 0 Å². The van der Waals surface area contributed by atoms with Gasteiger partial charge in [0, 0.05) is 37.2 Å². The van der Waals surface area contributed by atoms with Crippen LogP contribution in [0.1, 0.15) is 21.5 Å². The lowest BCUT2D eigenvalue weighted by molar-refractivity contribution is 0.0625. The maximum Gasteiger partial charge on any atom is 0.257 e. The number of hydrogen-bond acceptors (Lipinski definition) is 3. The molecule has 1 amide bonds. The van der Waals surface area contributed by atoms with Gasteiger partial charge >= 0.3 is 0 Å². The van der Waals surface area contributed by atoms with E-state index in [9.17, 15) is 9.90 Å². The third-order valence-corrected chi connectivity index (χ3v) is 5.00. The maximum atomic E-state index is 12.6. The van der Waals surface area contributed by atoms with Crippen LogP contribution in [0.2, 0.25) is 0 Å². The predicted molar refractivity (Wildman–Crippen MR) is 98.2 cm³/mol. The van der Waals surface area contributed by atoms with Gasteiger partial charge in [-0.05, 0) is 36.2 Å². The summed E-state index contributed by atoms with van der Waals surface area (Å²) in [5.74, 6) is -0.0742. The van der Waals surface area contributed by atoms with Gasteiger partial charge in [0.15, 0.2) is 0 Å². The highest BCUT2D eigenvalue weighted by Crippen LogP contribution is 2.24. The van der Waals surface area contributed by atoms with Crippen molar-refractivity contribution in [2.24, 2.45) is 0 Å². The van der Waals surface area contributed by atoms with Crippen molar-refractivity contribution in [3.63, 3.8) is 0 Å². The minimum absolute atomic E-state index is 0.0329. The summed E-state index contributed by atoms with van der Waals surface area (Å²) in [6, 6.07) is 13.4. The van der Waals surface area contributed by atoms with Crippen LogP contribution in [0.5, 0.6) is 5.75 Å². The van der Waals surface area contributed by atoms with Crippen LogP contribution in [0.25, 0.3) is 0 Å². The van der Waals surface area contributed by atoms with Crippen LogP contribution in [0.4, 0.5) is 0 Å². The smallest absolute Gasteiger partial charge is 0.257 e. The lowest BCUT2D eigenvalue weighted by atomic mass is 10.1. The van der Waals surface area contributed by atoms with Gasteiger partial charge < -0.3 is 10.0 Å². The zero-order chi connectivity index (χ0) is 17.1. The highest BCUT2D eigenvalue weighted by molar-refractivity contribution is 9.10. The molecule has 0 atom stereocenters. The first-order valence-electron chi connectivity index (χ1n) is 8.09. The van der Waals surface area contributed by atoms with E-state index in [2.05, 4.69) is 52.0 Å². The Kier molecular flexibility index (Phi) is 5.21. The number of aromatic hydroxyl groups is 1. The van der Waals surface area contributed by atoms with Gasteiger partial charge in [-0.3, -0.25) is 9.69 Å². The van der Waals surface area contributed by atoms with Crippen molar-refractivity contribution in [2.75, 3.05) is 26.2 Å². The number of rotatable bonds is 3. The molecule has 1 heterocycles. The average Bonchev–Trinajstić information content (AvgIpc) is 2.59. The van der Waals surface area contributed by atoms with E-state index in [0.29, 0.717) is 18.7 Å². The molecule has 1 saturated heterocycles. The van der Waals surface area contributed by atoms with Gasteiger partial charge in [0.2, 0.25) is 0 Å². The van der Waals surface area contributed by atoms with Gasteiger partial charge in [0.1, 0.15) is 5.75 Å². The molecule has 0 spiro atoms. The van der Waals surface area contributed by atoms with Crippen LogP contribution in [0, 0.1) is 6.92 Å². The molecule has 0 radical (unpaired) electrons. The highest BCUT2D eigenvalue weighted by atomic mass is 79.9. The normalized spacial score (nSPS) is 15.5. The predicted octanol–water partition coefficient (Wildman–Crippen LogP) is 3.42. The lowest BCUT2D eigenvalue weighted by Gasteiger charge is -2.35. The first-order chi connectivity index (χ1) is 11.5. The Morgan fingerprint density at radius 2 is 1.83 bits per heavy atom. The Bertz CT molecular complexity index is 740. The topological polar surface area (TPSA) is 43.8 Å². The quantitative estimate of drug-likeness (QED) is 0.875. The fraction of sp³-hybridized carbons (Fsp3) is 0.316. The van der Waals surface area contributed by atoms with E-state index in [1.807, 2.05) is 4.90 Å². The SMILES string of the molecule is Cc1ccccc1CN1CCN(C(=O)c2cc(Br)ccc2O)CC1. The minimum Gasteiger partial charge on any atom is -0.507 e. The molecular weight excluding hydrogens is 368 g/mol. The summed E-state index contributed by atoms with van der Waals surface area (Å²) >= 11 is 3.35. The van der Waals surface area contributed by atoms with Gasteiger partial charge in [0.25, 0.3) is 5.91 Å². The Balaban J connectivity index is 1.61.